The van der Waals surface area contributed by atoms with E-state index in [0.717, 1.165) is 18.5 Å². The molecule has 7 nitrogen and oxygen atoms in total. The molecule has 7 heteroatoms. The molecule has 0 fully saturated rings. The lowest BCUT2D eigenvalue weighted by molar-refractivity contribution is -0.116. The fourth-order valence-electron chi connectivity index (χ4n) is 3.08. The fourth-order valence-corrected chi connectivity index (χ4v) is 3.08. The Bertz CT molecular complexity index is 862. The summed E-state index contributed by atoms with van der Waals surface area (Å²) < 4.78 is 0. The molecule has 0 aliphatic carbocycles. The fraction of sp³-hybridized carbons (Fsp3) is 0.200. The Morgan fingerprint density at radius 3 is 2.70 bits per heavy atom. The lowest BCUT2D eigenvalue weighted by atomic mass is 9.98. The van der Waals surface area contributed by atoms with Crippen molar-refractivity contribution in [1.82, 2.24) is 10.7 Å². The number of carbonyl (C=O) groups is 2. The van der Waals surface area contributed by atoms with Crippen LogP contribution in [0.5, 0.6) is 0 Å². The van der Waals surface area contributed by atoms with Gasteiger partial charge in [-0.2, -0.15) is 0 Å². The molecule has 1 aliphatic heterocycles. The van der Waals surface area contributed by atoms with Crippen LogP contribution in [-0.4, -0.2) is 24.9 Å². The highest BCUT2D eigenvalue weighted by atomic mass is 16.3. The van der Waals surface area contributed by atoms with Crippen LogP contribution in [0.25, 0.3) is 6.08 Å². The third-order valence-corrected chi connectivity index (χ3v) is 4.47. The molecular formula is C20H20N4O3. The van der Waals surface area contributed by atoms with Gasteiger partial charge in [0.2, 0.25) is 0 Å². The van der Waals surface area contributed by atoms with E-state index in [-0.39, 0.29) is 5.91 Å². The van der Waals surface area contributed by atoms with Crippen molar-refractivity contribution in [2.75, 3.05) is 18.4 Å². The van der Waals surface area contributed by atoms with Crippen LogP contribution in [-0.2, 0) is 4.79 Å². The number of nitroso groups, excluding NO2 is 1. The largest absolute Gasteiger partial charge is 0.384 e. The minimum absolute atomic E-state index is 0.132. The molecule has 2 amide bonds. The Morgan fingerprint density at radius 2 is 1.93 bits per heavy atom. The summed E-state index contributed by atoms with van der Waals surface area (Å²) in [4.78, 5) is 33.3. The lowest BCUT2D eigenvalue weighted by Crippen LogP contribution is -2.25. The van der Waals surface area contributed by atoms with E-state index in [9.17, 15) is 14.5 Å². The van der Waals surface area contributed by atoms with Gasteiger partial charge in [0.25, 0.3) is 11.8 Å². The van der Waals surface area contributed by atoms with E-state index in [0.29, 0.717) is 18.0 Å². The maximum absolute atomic E-state index is 12.3. The smallest absolute Gasteiger partial charge is 0.266 e. The number of rotatable bonds is 7. The van der Waals surface area contributed by atoms with Gasteiger partial charge in [-0.15, -0.1) is 4.91 Å². The van der Waals surface area contributed by atoms with Crippen LogP contribution < -0.4 is 16.1 Å². The molecule has 0 bridgehead atoms. The van der Waals surface area contributed by atoms with Crippen molar-refractivity contribution < 1.29 is 9.59 Å². The number of carbonyl (C=O) groups excluding carboxylic acids is 2. The highest BCUT2D eigenvalue weighted by Gasteiger charge is 2.21. The van der Waals surface area contributed by atoms with Gasteiger partial charge in [0.1, 0.15) is 0 Å². The maximum atomic E-state index is 12.3. The number of hydrogen-bond acceptors (Lipinski definition) is 5. The van der Waals surface area contributed by atoms with Gasteiger partial charge < -0.3 is 10.6 Å². The first kappa shape index (κ1) is 18.3. The molecule has 3 rings (SSSR count). The molecular weight excluding hydrogens is 344 g/mol. The zero-order valence-corrected chi connectivity index (χ0v) is 14.6. The Hall–Kier alpha value is -3.48. The van der Waals surface area contributed by atoms with Crippen LogP contribution in [0.3, 0.4) is 0 Å². The summed E-state index contributed by atoms with van der Waals surface area (Å²) in [6.07, 6.45) is 3.60. The van der Waals surface area contributed by atoms with Crippen molar-refractivity contribution in [3.8, 4) is 0 Å². The molecule has 3 N–H and O–H groups in total. The Labute approximate surface area is 156 Å². The van der Waals surface area contributed by atoms with Gasteiger partial charge in [-0.1, -0.05) is 30.3 Å². The van der Waals surface area contributed by atoms with Gasteiger partial charge in [0, 0.05) is 36.3 Å². The van der Waals surface area contributed by atoms with Gasteiger partial charge in [-0.3, -0.25) is 9.59 Å². The molecule has 0 spiro atoms. The van der Waals surface area contributed by atoms with Crippen LogP contribution in [0.2, 0.25) is 0 Å². The minimum Gasteiger partial charge on any atom is -0.384 e. The van der Waals surface area contributed by atoms with Crippen molar-refractivity contribution >= 4 is 23.6 Å². The number of nitrogens with one attached hydrogen (secondary N) is 3. The molecule has 138 valence electrons. The van der Waals surface area contributed by atoms with E-state index in [1.807, 2.05) is 12.1 Å². The van der Waals surface area contributed by atoms with E-state index < -0.39 is 5.91 Å². The predicted octanol–water partition coefficient (Wildman–Crippen LogP) is 2.83. The van der Waals surface area contributed by atoms with E-state index in [1.54, 1.807) is 29.7 Å². The average Bonchev–Trinajstić information content (AvgIpc) is 3.10. The summed E-state index contributed by atoms with van der Waals surface area (Å²) in [6.45, 7) is 1.49. The molecule has 0 unspecified atom stereocenters. The van der Waals surface area contributed by atoms with Gasteiger partial charge in [0.15, 0.2) is 0 Å². The Morgan fingerprint density at radius 1 is 1.15 bits per heavy atom. The molecule has 1 heterocycles. The summed E-state index contributed by atoms with van der Waals surface area (Å²) in [7, 11) is 0. The molecule has 2 aromatic carbocycles. The van der Waals surface area contributed by atoms with Crippen molar-refractivity contribution in [1.29, 1.82) is 0 Å². The lowest BCUT2D eigenvalue weighted by Gasteiger charge is -2.11. The van der Waals surface area contributed by atoms with Crippen molar-refractivity contribution in [2.45, 2.75) is 12.3 Å². The van der Waals surface area contributed by atoms with Crippen LogP contribution in [0.15, 0.2) is 59.9 Å². The SMILES string of the molecule is O=NNC(=O)/C=C/c1ccc(C(=O)NCC[C@H]2CNc3ccccc32)cc1. The van der Waals surface area contributed by atoms with Gasteiger partial charge in [-0.25, -0.2) is 5.43 Å². The Balaban J connectivity index is 1.49. The summed E-state index contributed by atoms with van der Waals surface area (Å²) in [5, 5.41) is 8.63. The second kappa shape index (κ2) is 8.75. The van der Waals surface area contributed by atoms with Crippen LogP contribution in [0, 0.1) is 4.91 Å². The third kappa shape index (κ3) is 4.78. The highest BCUT2D eigenvalue weighted by molar-refractivity contribution is 5.95. The number of nitrogens with zero attached hydrogens (tertiary/aromatic N) is 1. The number of amides is 2. The topological polar surface area (TPSA) is 99.7 Å². The van der Waals surface area contributed by atoms with Gasteiger partial charge >= 0.3 is 0 Å². The molecule has 2 aromatic rings. The quantitative estimate of drug-likeness (QED) is 0.400. The summed E-state index contributed by atoms with van der Waals surface area (Å²) in [5.74, 6) is -0.330. The van der Waals surface area contributed by atoms with E-state index in [1.165, 1.54) is 23.4 Å². The number of fused-ring (bicyclic) bond motifs is 1. The first-order valence-corrected chi connectivity index (χ1v) is 8.69. The molecule has 0 radical (unpaired) electrons. The van der Waals surface area contributed by atoms with Gasteiger partial charge in [-0.05, 0) is 41.8 Å². The monoisotopic (exact) mass is 364 g/mol. The number of benzene rings is 2. The molecule has 0 aromatic heterocycles. The summed E-state index contributed by atoms with van der Waals surface area (Å²) in [5.41, 5.74) is 5.54. The second-order valence-electron chi connectivity index (χ2n) is 6.23. The van der Waals surface area contributed by atoms with E-state index in [4.69, 9.17) is 0 Å². The summed E-state index contributed by atoms with van der Waals surface area (Å²) >= 11 is 0. The number of para-hydroxylation sites is 1. The Kier molecular flexibility index (Phi) is 5.94. The summed E-state index contributed by atoms with van der Waals surface area (Å²) in [6, 6.07) is 15.1. The van der Waals surface area contributed by atoms with Crippen molar-refractivity contribution in [3.63, 3.8) is 0 Å². The van der Waals surface area contributed by atoms with Crippen molar-refractivity contribution in [2.24, 2.45) is 5.29 Å². The molecule has 27 heavy (non-hydrogen) atoms. The average molecular weight is 364 g/mol. The van der Waals surface area contributed by atoms with Crippen LogP contribution in [0.1, 0.15) is 33.8 Å². The van der Waals surface area contributed by atoms with E-state index >= 15 is 0 Å². The maximum Gasteiger partial charge on any atom is 0.266 e. The first-order valence-electron chi connectivity index (χ1n) is 8.69. The third-order valence-electron chi connectivity index (χ3n) is 4.47. The first-order chi connectivity index (χ1) is 13.2. The molecule has 1 aliphatic rings. The predicted molar refractivity (Wildman–Crippen MR) is 104 cm³/mol. The molecule has 0 saturated carbocycles. The normalized spacial score (nSPS) is 15.0. The van der Waals surface area contributed by atoms with Crippen molar-refractivity contribution in [3.05, 3.63) is 76.2 Å². The van der Waals surface area contributed by atoms with Gasteiger partial charge in [0.05, 0.1) is 5.29 Å². The zero-order valence-electron chi connectivity index (χ0n) is 14.6. The number of anilines is 1. The minimum atomic E-state index is -0.602. The standard InChI is InChI=1S/C20H20N4O3/c25-19(23-24-27)10-7-14-5-8-15(9-6-14)20(26)21-12-11-16-13-22-18-4-2-1-3-17(16)18/h1-10,16,22H,11-13H2,(H,21,26)(H,23,25,27)/b10-7+/t16-/m0/s1. The highest BCUT2D eigenvalue weighted by Crippen LogP contribution is 2.32. The second-order valence-corrected chi connectivity index (χ2v) is 6.23. The van der Waals surface area contributed by atoms with E-state index in [2.05, 4.69) is 28.1 Å². The molecule has 0 saturated heterocycles. The van der Waals surface area contributed by atoms with Crippen LogP contribution >= 0.6 is 0 Å². The number of hydrogen-bond donors (Lipinski definition) is 3. The molecule has 1 atom stereocenters. The van der Waals surface area contributed by atoms with Crippen LogP contribution in [0.4, 0.5) is 5.69 Å². The zero-order chi connectivity index (χ0) is 19.1.